The molecule has 1 aromatic carbocycles. The third-order valence-corrected chi connectivity index (χ3v) is 4.14. The second-order valence-corrected chi connectivity index (χ2v) is 5.26. The van der Waals surface area contributed by atoms with Gasteiger partial charge in [0.05, 0.1) is 32.2 Å². The van der Waals surface area contributed by atoms with Crippen LogP contribution in [0.5, 0.6) is 11.5 Å². The summed E-state index contributed by atoms with van der Waals surface area (Å²) in [7, 11) is 3.15. The molecule has 0 saturated heterocycles. The highest BCUT2D eigenvalue weighted by Gasteiger charge is 2.17. The van der Waals surface area contributed by atoms with Crippen molar-refractivity contribution in [1.29, 1.82) is 0 Å². The Kier molecular flexibility index (Phi) is 6.11. The molecule has 19 heavy (non-hydrogen) atoms. The summed E-state index contributed by atoms with van der Waals surface area (Å²) in [4.78, 5) is 0. The summed E-state index contributed by atoms with van der Waals surface area (Å²) in [5, 5.41) is 12.7. The van der Waals surface area contributed by atoms with E-state index in [2.05, 4.69) is 5.32 Å². The van der Waals surface area contributed by atoms with Gasteiger partial charge in [-0.3, -0.25) is 0 Å². The van der Waals surface area contributed by atoms with E-state index in [1.165, 1.54) is 0 Å². The molecule has 5 nitrogen and oxygen atoms in total. The quantitative estimate of drug-likeness (QED) is 0.664. The van der Waals surface area contributed by atoms with Crippen LogP contribution in [0.25, 0.3) is 0 Å². The lowest BCUT2D eigenvalue weighted by atomic mass is 10.2. The molecular formula is C13H22N2O3S. The number of hydrogen-bond donors (Lipinski definition) is 3. The Morgan fingerprint density at radius 1 is 1.32 bits per heavy atom. The van der Waals surface area contributed by atoms with Gasteiger partial charge < -0.3 is 25.6 Å². The number of aliphatic hydroxyl groups is 1. The van der Waals surface area contributed by atoms with Crippen molar-refractivity contribution in [3.05, 3.63) is 12.1 Å². The van der Waals surface area contributed by atoms with Crippen molar-refractivity contribution in [1.82, 2.24) is 0 Å². The van der Waals surface area contributed by atoms with E-state index in [0.717, 1.165) is 5.69 Å². The Labute approximate surface area is 118 Å². The highest BCUT2D eigenvalue weighted by Crippen LogP contribution is 2.35. The molecule has 0 saturated carbocycles. The third kappa shape index (κ3) is 3.84. The summed E-state index contributed by atoms with van der Waals surface area (Å²) in [5.74, 6) is 1.22. The van der Waals surface area contributed by atoms with Gasteiger partial charge in [0.2, 0.25) is 0 Å². The molecule has 0 fully saturated rings. The van der Waals surface area contributed by atoms with Crippen molar-refractivity contribution in [3.8, 4) is 11.5 Å². The molecular weight excluding hydrogens is 264 g/mol. The summed E-state index contributed by atoms with van der Waals surface area (Å²) in [6.45, 7) is 2.12. The predicted molar refractivity (Wildman–Crippen MR) is 81.4 cm³/mol. The number of ether oxygens (including phenoxy) is 2. The lowest BCUT2D eigenvalue weighted by Gasteiger charge is -2.24. The Morgan fingerprint density at radius 2 is 1.89 bits per heavy atom. The number of thioether (sulfide) groups is 1. The molecule has 108 valence electrons. The van der Waals surface area contributed by atoms with Crippen LogP contribution >= 0.6 is 11.8 Å². The summed E-state index contributed by atoms with van der Waals surface area (Å²) in [5.41, 5.74) is 7.35. The van der Waals surface area contributed by atoms with Crippen molar-refractivity contribution in [2.24, 2.45) is 0 Å². The van der Waals surface area contributed by atoms with Gasteiger partial charge in [0, 0.05) is 23.4 Å². The van der Waals surface area contributed by atoms with Gasteiger partial charge in [-0.2, -0.15) is 11.8 Å². The van der Waals surface area contributed by atoms with Crippen molar-refractivity contribution >= 4 is 23.1 Å². The van der Waals surface area contributed by atoms with E-state index < -0.39 is 0 Å². The minimum atomic E-state index is 0.0837. The molecule has 2 unspecified atom stereocenters. The number of aliphatic hydroxyl groups excluding tert-OH is 1. The summed E-state index contributed by atoms with van der Waals surface area (Å²) in [6.07, 6.45) is 1.97. The monoisotopic (exact) mass is 286 g/mol. The smallest absolute Gasteiger partial charge is 0.162 e. The van der Waals surface area contributed by atoms with Crippen LogP contribution in [0.2, 0.25) is 0 Å². The highest BCUT2D eigenvalue weighted by molar-refractivity contribution is 7.99. The Balaban J connectivity index is 2.95. The maximum Gasteiger partial charge on any atom is 0.162 e. The van der Waals surface area contributed by atoms with Gasteiger partial charge >= 0.3 is 0 Å². The number of benzene rings is 1. The molecule has 0 aliphatic heterocycles. The summed E-state index contributed by atoms with van der Waals surface area (Å²) in [6, 6.07) is 3.61. The van der Waals surface area contributed by atoms with Crippen LogP contribution < -0.4 is 20.5 Å². The average molecular weight is 286 g/mol. The second kappa shape index (κ2) is 7.35. The molecule has 0 aliphatic rings. The van der Waals surface area contributed by atoms with Gasteiger partial charge in [0.1, 0.15) is 0 Å². The number of methoxy groups -OCH3 is 2. The van der Waals surface area contributed by atoms with E-state index >= 15 is 0 Å². The molecule has 0 heterocycles. The number of hydrogen-bond acceptors (Lipinski definition) is 6. The standard InChI is InChI=1S/C13H22N2O3S/c1-8(13(7-16)19-4)15-10-6-12(18-3)11(17-2)5-9(10)14/h5-6,8,13,15-16H,7,14H2,1-4H3. The van der Waals surface area contributed by atoms with Crippen LogP contribution in [0.1, 0.15) is 6.92 Å². The van der Waals surface area contributed by atoms with Crippen LogP contribution in [0, 0.1) is 0 Å². The number of anilines is 2. The summed E-state index contributed by atoms with van der Waals surface area (Å²) >= 11 is 1.61. The van der Waals surface area contributed by atoms with Crippen molar-refractivity contribution in [3.63, 3.8) is 0 Å². The van der Waals surface area contributed by atoms with E-state index in [1.807, 2.05) is 13.2 Å². The maximum absolute atomic E-state index is 9.29. The number of nitrogen functional groups attached to an aromatic ring is 1. The van der Waals surface area contributed by atoms with Gasteiger partial charge in [0.25, 0.3) is 0 Å². The van der Waals surface area contributed by atoms with Gasteiger partial charge in [-0.15, -0.1) is 0 Å². The second-order valence-electron chi connectivity index (χ2n) is 4.18. The van der Waals surface area contributed by atoms with Crippen LogP contribution in [0.3, 0.4) is 0 Å². The Hall–Kier alpha value is -1.27. The molecule has 0 radical (unpaired) electrons. The van der Waals surface area contributed by atoms with E-state index in [0.29, 0.717) is 17.2 Å². The molecule has 2 atom stereocenters. The fourth-order valence-corrected chi connectivity index (χ4v) is 2.42. The zero-order valence-electron chi connectivity index (χ0n) is 11.8. The fraction of sp³-hybridized carbons (Fsp3) is 0.538. The zero-order chi connectivity index (χ0) is 14.4. The predicted octanol–water partition coefficient (Wildman–Crippen LogP) is 1.81. The zero-order valence-corrected chi connectivity index (χ0v) is 12.6. The minimum absolute atomic E-state index is 0.0837. The van der Waals surface area contributed by atoms with Gasteiger partial charge in [-0.1, -0.05) is 0 Å². The lowest BCUT2D eigenvalue weighted by molar-refractivity contribution is 0.288. The first-order valence-corrected chi connectivity index (χ1v) is 7.27. The SMILES string of the molecule is COc1cc(N)c(NC(C)C(CO)SC)cc1OC. The first kappa shape index (κ1) is 15.8. The van der Waals surface area contributed by atoms with Crippen LogP contribution in [-0.4, -0.2) is 43.5 Å². The molecule has 4 N–H and O–H groups in total. The molecule has 1 aromatic rings. The van der Waals surface area contributed by atoms with E-state index in [9.17, 15) is 5.11 Å². The topological polar surface area (TPSA) is 76.7 Å². The Bertz CT molecular complexity index is 411. The van der Waals surface area contributed by atoms with E-state index in [4.69, 9.17) is 15.2 Å². The van der Waals surface area contributed by atoms with E-state index in [-0.39, 0.29) is 17.9 Å². The normalized spacial score (nSPS) is 13.7. The van der Waals surface area contributed by atoms with Crippen molar-refractivity contribution in [2.45, 2.75) is 18.2 Å². The first-order chi connectivity index (χ1) is 9.07. The first-order valence-electron chi connectivity index (χ1n) is 5.99. The van der Waals surface area contributed by atoms with Crippen molar-refractivity contribution in [2.75, 3.05) is 38.1 Å². The number of nitrogens with one attached hydrogen (secondary N) is 1. The van der Waals surface area contributed by atoms with Gasteiger partial charge in [0.15, 0.2) is 11.5 Å². The molecule has 0 aliphatic carbocycles. The summed E-state index contributed by atoms with van der Waals surface area (Å²) < 4.78 is 10.4. The van der Waals surface area contributed by atoms with Gasteiger partial charge in [-0.25, -0.2) is 0 Å². The highest BCUT2D eigenvalue weighted by atomic mass is 32.2. The lowest BCUT2D eigenvalue weighted by Crippen LogP contribution is -2.31. The molecule has 1 rings (SSSR count). The maximum atomic E-state index is 9.29. The Morgan fingerprint density at radius 3 is 2.37 bits per heavy atom. The van der Waals surface area contributed by atoms with Crippen LogP contribution in [0.15, 0.2) is 12.1 Å². The molecule has 0 aromatic heterocycles. The fourth-order valence-electron chi connectivity index (χ4n) is 1.79. The van der Waals surface area contributed by atoms with Gasteiger partial charge in [-0.05, 0) is 13.2 Å². The number of rotatable bonds is 7. The largest absolute Gasteiger partial charge is 0.493 e. The van der Waals surface area contributed by atoms with E-state index in [1.54, 1.807) is 38.1 Å². The third-order valence-electron chi connectivity index (χ3n) is 2.98. The molecule has 0 bridgehead atoms. The van der Waals surface area contributed by atoms with Crippen molar-refractivity contribution < 1.29 is 14.6 Å². The van der Waals surface area contributed by atoms with Crippen LogP contribution in [0.4, 0.5) is 11.4 Å². The molecule has 0 amide bonds. The molecule has 0 spiro atoms. The van der Waals surface area contributed by atoms with Crippen LogP contribution in [-0.2, 0) is 0 Å². The minimum Gasteiger partial charge on any atom is -0.493 e. The number of nitrogens with two attached hydrogens (primary N) is 1. The molecule has 6 heteroatoms. The average Bonchev–Trinajstić information content (AvgIpc) is 2.41.